The van der Waals surface area contributed by atoms with Gasteiger partial charge in [-0.1, -0.05) is 19.9 Å². The fourth-order valence-corrected chi connectivity index (χ4v) is 5.44. The SMILES string of the molecule is CCN(CC)S(=O)(=O)c1ccc(C)c(C(=O)Nc2ccc(N3CCN(C)CC3)cc2C)c1. The van der Waals surface area contributed by atoms with Crippen LogP contribution in [0.15, 0.2) is 41.3 Å². The number of nitrogens with one attached hydrogen (secondary N) is 1. The molecule has 0 aromatic heterocycles. The molecule has 1 fully saturated rings. The average Bonchev–Trinajstić information content (AvgIpc) is 2.76. The second-order valence-electron chi connectivity index (χ2n) is 8.31. The summed E-state index contributed by atoms with van der Waals surface area (Å²) in [5, 5.41) is 2.97. The van der Waals surface area contributed by atoms with E-state index in [0.717, 1.165) is 48.7 Å². The number of rotatable bonds is 7. The molecule has 1 aliphatic rings. The number of hydrogen-bond donors (Lipinski definition) is 1. The van der Waals surface area contributed by atoms with Gasteiger partial charge in [-0.25, -0.2) is 8.42 Å². The van der Waals surface area contributed by atoms with Crippen molar-refractivity contribution in [2.45, 2.75) is 32.6 Å². The van der Waals surface area contributed by atoms with Gasteiger partial charge in [0.15, 0.2) is 0 Å². The molecule has 1 aliphatic heterocycles. The smallest absolute Gasteiger partial charge is 0.255 e. The molecule has 0 spiro atoms. The number of carbonyl (C=O) groups is 1. The van der Waals surface area contributed by atoms with Crippen LogP contribution in [0.4, 0.5) is 11.4 Å². The van der Waals surface area contributed by atoms with Crippen molar-refractivity contribution in [3.05, 3.63) is 53.1 Å². The third kappa shape index (κ3) is 5.14. The lowest BCUT2D eigenvalue weighted by atomic mass is 10.1. The van der Waals surface area contributed by atoms with Crippen molar-refractivity contribution < 1.29 is 13.2 Å². The number of sulfonamides is 1. The van der Waals surface area contributed by atoms with Gasteiger partial charge in [-0.2, -0.15) is 4.31 Å². The molecular weight excluding hydrogens is 424 g/mol. The van der Waals surface area contributed by atoms with Gasteiger partial charge in [0.25, 0.3) is 5.91 Å². The van der Waals surface area contributed by atoms with Crippen LogP contribution < -0.4 is 10.2 Å². The first-order valence-corrected chi connectivity index (χ1v) is 12.6. The highest BCUT2D eigenvalue weighted by Gasteiger charge is 2.24. The van der Waals surface area contributed by atoms with Crippen molar-refractivity contribution in [2.24, 2.45) is 0 Å². The molecule has 1 N–H and O–H groups in total. The highest BCUT2D eigenvalue weighted by molar-refractivity contribution is 7.89. The molecule has 32 heavy (non-hydrogen) atoms. The quantitative estimate of drug-likeness (QED) is 0.689. The first kappa shape index (κ1) is 24.2. The number of carbonyl (C=O) groups excluding carboxylic acids is 1. The molecule has 0 aliphatic carbocycles. The Bertz CT molecular complexity index is 1070. The summed E-state index contributed by atoms with van der Waals surface area (Å²) >= 11 is 0. The first-order valence-electron chi connectivity index (χ1n) is 11.1. The van der Waals surface area contributed by atoms with E-state index in [9.17, 15) is 13.2 Å². The maximum absolute atomic E-state index is 13.1. The van der Waals surface area contributed by atoms with Gasteiger partial charge in [-0.3, -0.25) is 4.79 Å². The van der Waals surface area contributed by atoms with Gasteiger partial charge in [-0.15, -0.1) is 0 Å². The Labute approximate surface area is 192 Å². The van der Waals surface area contributed by atoms with Gasteiger partial charge in [-0.05, 0) is 62.4 Å². The van der Waals surface area contributed by atoms with Crippen LogP contribution in [0.3, 0.4) is 0 Å². The molecule has 8 heteroatoms. The lowest BCUT2D eigenvalue weighted by Gasteiger charge is -2.34. The van der Waals surface area contributed by atoms with E-state index in [4.69, 9.17) is 0 Å². The molecule has 2 aromatic carbocycles. The van der Waals surface area contributed by atoms with Crippen LogP contribution in [0.1, 0.15) is 35.3 Å². The van der Waals surface area contributed by atoms with Crippen LogP contribution in [0.5, 0.6) is 0 Å². The molecule has 1 amide bonds. The van der Waals surface area contributed by atoms with E-state index in [2.05, 4.69) is 28.2 Å². The number of likely N-dealkylation sites (N-methyl/N-ethyl adjacent to an activating group) is 1. The lowest BCUT2D eigenvalue weighted by molar-refractivity contribution is 0.102. The van der Waals surface area contributed by atoms with E-state index in [1.807, 2.05) is 26.0 Å². The van der Waals surface area contributed by atoms with Crippen LogP contribution in [0.25, 0.3) is 0 Å². The van der Waals surface area contributed by atoms with Gasteiger partial charge >= 0.3 is 0 Å². The molecule has 0 radical (unpaired) electrons. The van der Waals surface area contributed by atoms with Crippen LogP contribution >= 0.6 is 0 Å². The third-order valence-electron chi connectivity index (χ3n) is 6.12. The van der Waals surface area contributed by atoms with E-state index in [-0.39, 0.29) is 10.8 Å². The lowest BCUT2D eigenvalue weighted by Crippen LogP contribution is -2.44. The number of piperazine rings is 1. The molecule has 0 bridgehead atoms. The summed E-state index contributed by atoms with van der Waals surface area (Å²) in [6.07, 6.45) is 0. The molecule has 2 aromatic rings. The molecule has 174 valence electrons. The van der Waals surface area contributed by atoms with E-state index in [1.54, 1.807) is 26.0 Å². The number of aryl methyl sites for hydroxylation is 2. The van der Waals surface area contributed by atoms with E-state index >= 15 is 0 Å². The first-order chi connectivity index (χ1) is 15.2. The summed E-state index contributed by atoms with van der Waals surface area (Å²) in [6.45, 7) is 12.2. The fraction of sp³-hybridized carbons (Fsp3) is 0.458. The summed E-state index contributed by atoms with van der Waals surface area (Å²) < 4.78 is 27.2. The van der Waals surface area contributed by atoms with Crippen molar-refractivity contribution in [1.29, 1.82) is 0 Å². The number of nitrogens with zero attached hydrogens (tertiary/aromatic N) is 3. The van der Waals surface area contributed by atoms with Crippen molar-refractivity contribution in [3.8, 4) is 0 Å². The monoisotopic (exact) mass is 458 g/mol. The Hall–Kier alpha value is -2.42. The molecule has 0 atom stereocenters. The average molecular weight is 459 g/mol. The van der Waals surface area contributed by atoms with Crippen molar-refractivity contribution in [2.75, 3.05) is 56.5 Å². The Morgan fingerprint density at radius 3 is 2.22 bits per heavy atom. The largest absolute Gasteiger partial charge is 0.369 e. The summed E-state index contributed by atoms with van der Waals surface area (Å²) in [6, 6.07) is 10.8. The Morgan fingerprint density at radius 2 is 1.62 bits per heavy atom. The van der Waals surface area contributed by atoms with Crippen molar-refractivity contribution in [1.82, 2.24) is 9.21 Å². The highest BCUT2D eigenvalue weighted by atomic mass is 32.2. The Morgan fingerprint density at radius 1 is 0.969 bits per heavy atom. The number of hydrogen-bond acceptors (Lipinski definition) is 5. The maximum atomic E-state index is 13.1. The summed E-state index contributed by atoms with van der Waals surface area (Å²) in [5.41, 5.74) is 3.94. The van der Waals surface area contributed by atoms with Crippen molar-refractivity contribution >= 4 is 27.3 Å². The van der Waals surface area contributed by atoms with Crippen LogP contribution in [-0.2, 0) is 10.0 Å². The van der Waals surface area contributed by atoms with Crippen LogP contribution in [0, 0.1) is 13.8 Å². The van der Waals surface area contributed by atoms with Crippen LogP contribution in [0.2, 0.25) is 0 Å². The summed E-state index contributed by atoms with van der Waals surface area (Å²) in [5.74, 6) is -0.311. The Balaban J connectivity index is 1.81. The zero-order chi connectivity index (χ0) is 23.5. The summed E-state index contributed by atoms with van der Waals surface area (Å²) in [7, 11) is -1.50. The fourth-order valence-electron chi connectivity index (χ4n) is 3.96. The molecule has 3 rings (SSSR count). The number of amides is 1. The highest BCUT2D eigenvalue weighted by Crippen LogP contribution is 2.25. The molecule has 1 saturated heterocycles. The minimum Gasteiger partial charge on any atom is -0.369 e. The van der Waals surface area contributed by atoms with Gasteiger partial charge < -0.3 is 15.1 Å². The predicted molar refractivity (Wildman–Crippen MR) is 130 cm³/mol. The summed E-state index contributed by atoms with van der Waals surface area (Å²) in [4.78, 5) is 17.9. The molecule has 0 saturated carbocycles. The van der Waals surface area contributed by atoms with Crippen molar-refractivity contribution in [3.63, 3.8) is 0 Å². The van der Waals surface area contributed by atoms with Gasteiger partial charge in [0.2, 0.25) is 10.0 Å². The second-order valence-corrected chi connectivity index (χ2v) is 10.2. The predicted octanol–water partition coefficient (Wildman–Crippen LogP) is 3.34. The number of benzene rings is 2. The van der Waals surface area contributed by atoms with Gasteiger partial charge in [0.1, 0.15) is 0 Å². The van der Waals surface area contributed by atoms with E-state index < -0.39 is 10.0 Å². The minimum absolute atomic E-state index is 0.138. The second kappa shape index (κ2) is 10.0. The molecule has 7 nitrogen and oxygen atoms in total. The Kier molecular flexibility index (Phi) is 7.59. The van der Waals surface area contributed by atoms with E-state index in [1.165, 1.54) is 10.4 Å². The third-order valence-corrected chi connectivity index (χ3v) is 8.17. The number of anilines is 2. The van der Waals surface area contributed by atoms with Gasteiger partial charge in [0, 0.05) is 56.2 Å². The standard InChI is InChI=1S/C24H34N4O3S/c1-6-28(7-2)32(30,31)21-10-8-18(3)22(17-21)24(29)25-23-11-9-20(16-19(23)4)27-14-12-26(5)13-15-27/h8-11,16-17H,6-7,12-15H2,1-5H3,(H,25,29). The zero-order valence-corrected chi connectivity index (χ0v) is 20.5. The molecule has 1 heterocycles. The normalized spacial score (nSPS) is 15.2. The maximum Gasteiger partial charge on any atom is 0.255 e. The topological polar surface area (TPSA) is 73.0 Å². The van der Waals surface area contributed by atoms with Crippen LogP contribution in [-0.4, -0.2) is 69.8 Å². The molecular formula is C24H34N4O3S. The zero-order valence-electron chi connectivity index (χ0n) is 19.7. The van der Waals surface area contributed by atoms with Gasteiger partial charge in [0.05, 0.1) is 4.90 Å². The van der Waals surface area contributed by atoms with E-state index in [0.29, 0.717) is 18.7 Å². The molecule has 0 unspecified atom stereocenters. The minimum atomic E-state index is -3.63.